The molecule has 0 N–H and O–H groups in total. The lowest BCUT2D eigenvalue weighted by atomic mass is 10.0. The molecule has 0 bridgehead atoms. The van der Waals surface area contributed by atoms with E-state index < -0.39 is 0 Å². The molecule has 0 atom stereocenters. The molecule has 4 heteroatoms. The van der Waals surface area contributed by atoms with Gasteiger partial charge in [0.2, 0.25) is 0 Å². The van der Waals surface area contributed by atoms with Crippen LogP contribution >= 0.6 is 39.1 Å². The van der Waals surface area contributed by atoms with Crippen LogP contribution < -0.4 is 0 Å². The number of benzene rings is 2. The Morgan fingerprint density at radius 3 is 2.32 bits per heavy atom. The molecule has 0 radical (unpaired) electrons. The summed E-state index contributed by atoms with van der Waals surface area (Å²) in [6.07, 6.45) is 0. The number of nitrogens with zero attached hydrogens (tertiary/aromatic N) is 1. The van der Waals surface area contributed by atoms with Crippen LogP contribution in [0.25, 0.3) is 10.6 Å². The molecule has 0 fully saturated rings. The Bertz CT molecular complexity index is 672. The van der Waals surface area contributed by atoms with Crippen LogP contribution in [0.4, 0.5) is 0 Å². The monoisotopic (exact) mass is 351 g/mol. The molecule has 2 aromatic carbocycles. The van der Waals surface area contributed by atoms with Crippen LogP contribution in [0.2, 0.25) is 5.02 Å². The Labute approximate surface area is 130 Å². The molecule has 0 aliphatic rings. The first-order valence-corrected chi connectivity index (χ1v) is 6.99. The van der Waals surface area contributed by atoms with E-state index in [2.05, 4.69) is 22.0 Å². The summed E-state index contributed by atoms with van der Waals surface area (Å²) in [4.78, 5) is 0. The molecule has 0 aliphatic carbocycles. The Kier molecular flexibility index (Phi) is 4.66. The van der Waals surface area contributed by atoms with Crippen molar-refractivity contribution in [2.24, 2.45) is 0 Å². The van der Waals surface area contributed by atoms with Crippen LogP contribution in [0.1, 0.15) is 11.1 Å². The second-order valence-corrected chi connectivity index (χ2v) is 5.44. The Morgan fingerprint density at radius 1 is 1.05 bits per heavy atom. The Hall–Kier alpha value is -1.27. The first-order chi connectivity index (χ1) is 9.13. The number of hydrogen-bond donors (Lipinski definition) is 0. The third-order valence-electron chi connectivity index (χ3n) is 2.57. The smallest absolute Gasteiger partial charge is 0.101 e. The van der Waals surface area contributed by atoms with E-state index in [1.165, 1.54) is 0 Å². The third kappa shape index (κ3) is 3.19. The minimum Gasteiger partial charge on any atom is -0.192 e. The summed E-state index contributed by atoms with van der Waals surface area (Å²) < 4.78 is 0.792. The van der Waals surface area contributed by atoms with Crippen molar-refractivity contribution in [1.29, 1.82) is 5.26 Å². The van der Waals surface area contributed by atoms with Gasteiger partial charge in [0.05, 0.1) is 15.6 Å². The van der Waals surface area contributed by atoms with Crippen LogP contribution in [0.3, 0.4) is 0 Å². The lowest BCUT2D eigenvalue weighted by molar-refractivity contribution is 1.52. The molecule has 0 saturated carbocycles. The van der Waals surface area contributed by atoms with E-state index in [4.69, 9.17) is 23.2 Å². The van der Waals surface area contributed by atoms with Gasteiger partial charge in [-0.3, -0.25) is 0 Å². The molecule has 94 valence electrons. The molecule has 0 aromatic heterocycles. The lowest BCUT2D eigenvalue weighted by Crippen LogP contribution is -1.86. The van der Waals surface area contributed by atoms with Gasteiger partial charge in [-0.25, -0.2) is 0 Å². The molecule has 0 aliphatic heterocycles. The van der Waals surface area contributed by atoms with Gasteiger partial charge in [0, 0.05) is 4.47 Å². The van der Waals surface area contributed by atoms with E-state index in [1.807, 2.05) is 36.4 Å². The molecular weight excluding hydrogens is 345 g/mol. The molecule has 0 spiro atoms. The molecule has 0 amide bonds. The van der Waals surface area contributed by atoms with Crippen LogP contribution in [0.15, 0.2) is 53.0 Å². The largest absolute Gasteiger partial charge is 0.192 e. The highest BCUT2D eigenvalue weighted by Gasteiger charge is 2.10. The van der Waals surface area contributed by atoms with Crippen molar-refractivity contribution in [3.63, 3.8) is 0 Å². The fraction of sp³-hybridized carbons (Fsp3) is 0. The maximum Gasteiger partial charge on any atom is 0.101 e. The van der Waals surface area contributed by atoms with Crippen molar-refractivity contribution >= 4 is 49.7 Å². The topological polar surface area (TPSA) is 23.8 Å². The molecule has 19 heavy (non-hydrogen) atoms. The van der Waals surface area contributed by atoms with Crippen molar-refractivity contribution in [1.82, 2.24) is 0 Å². The van der Waals surface area contributed by atoms with Crippen molar-refractivity contribution in [3.8, 4) is 6.07 Å². The highest BCUT2D eigenvalue weighted by atomic mass is 79.9. The van der Waals surface area contributed by atoms with Crippen LogP contribution in [0, 0.1) is 11.3 Å². The maximum atomic E-state index is 9.30. The third-order valence-corrected chi connectivity index (χ3v) is 4.21. The normalized spacial score (nSPS) is 11.7. The van der Waals surface area contributed by atoms with Crippen LogP contribution in [0.5, 0.6) is 0 Å². The fourth-order valence-corrected chi connectivity index (χ4v) is 2.32. The summed E-state index contributed by atoms with van der Waals surface area (Å²) >= 11 is 15.7. The summed E-state index contributed by atoms with van der Waals surface area (Å²) in [5.41, 5.74) is 1.94. The fourth-order valence-electron chi connectivity index (χ4n) is 1.62. The molecule has 0 saturated heterocycles. The van der Waals surface area contributed by atoms with Crippen molar-refractivity contribution in [2.75, 3.05) is 0 Å². The van der Waals surface area contributed by atoms with E-state index in [0.717, 1.165) is 15.6 Å². The lowest BCUT2D eigenvalue weighted by Gasteiger charge is -2.06. The summed E-state index contributed by atoms with van der Waals surface area (Å²) in [6.45, 7) is 0. The molecular formula is C15H8BrCl2N. The van der Waals surface area contributed by atoms with Crippen LogP contribution in [-0.2, 0) is 0 Å². The Morgan fingerprint density at radius 2 is 1.74 bits per heavy atom. The Balaban J connectivity index is 2.56. The second-order valence-electron chi connectivity index (χ2n) is 3.80. The van der Waals surface area contributed by atoms with Gasteiger partial charge in [-0.2, -0.15) is 5.26 Å². The first kappa shape index (κ1) is 14.1. The summed E-state index contributed by atoms with van der Waals surface area (Å²) in [6, 6.07) is 16.8. The number of allylic oxidation sites excluding steroid dienone is 1. The van der Waals surface area contributed by atoms with Gasteiger partial charge in [-0.05, 0) is 39.2 Å². The second kappa shape index (κ2) is 6.25. The number of nitriles is 1. The minimum atomic E-state index is 0.392. The number of rotatable bonds is 2. The predicted octanol–water partition coefficient (Wildman–Crippen LogP) is 5.73. The predicted molar refractivity (Wildman–Crippen MR) is 83.9 cm³/mol. The minimum absolute atomic E-state index is 0.392. The number of halogens is 3. The highest BCUT2D eigenvalue weighted by molar-refractivity contribution is 9.10. The van der Waals surface area contributed by atoms with Crippen molar-refractivity contribution in [3.05, 3.63) is 69.2 Å². The van der Waals surface area contributed by atoms with Crippen molar-refractivity contribution in [2.45, 2.75) is 0 Å². The van der Waals surface area contributed by atoms with E-state index in [1.54, 1.807) is 12.1 Å². The molecule has 0 unspecified atom stereocenters. The SMILES string of the molecule is N#C/C(=C(/Cl)c1ccc(Br)c(Cl)c1)c1ccccc1. The van der Waals surface area contributed by atoms with Crippen molar-refractivity contribution < 1.29 is 0 Å². The first-order valence-electron chi connectivity index (χ1n) is 5.44. The van der Waals surface area contributed by atoms with Gasteiger partial charge in [0.1, 0.15) is 6.07 Å². The van der Waals surface area contributed by atoms with E-state index >= 15 is 0 Å². The zero-order valence-corrected chi connectivity index (χ0v) is 12.8. The van der Waals surface area contributed by atoms with Gasteiger partial charge < -0.3 is 0 Å². The molecule has 1 nitrogen and oxygen atoms in total. The maximum absolute atomic E-state index is 9.30. The van der Waals surface area contributed by atoms with Gasteiger partial charge in [-0.15, -0.1) is 0 Å². The van der Waals surface area contributed by atoms with Gasteiger partial charge >= 0.3 is 0 Å². The molecule has 0 heterocycles. The average Bonchev–Trinajstić information content (AvgIpc) is 2.44. The molecule has 2 aromatic rings. The number of hydrogen-bond acceptors (Lipinski definition) is 1. The zero-order valence-electron chi connectivity index (χ0n) is 9.70. The van der Waals surface area contributed by atoms with Crippen LogP contribution in [-0.4, -0.2) is 0 Å². The van der Waals surface area contributed by atoms with Gasteiger partial charge in [-0.1, -0.05) is 59.6 Å². The van der Waals surface area contributed by atoms with E-state index in [-0.39, 0.29) is 0 Å². The summed E-state index contributed by atoms with van der Waals surface area (Å²) in [5, 5.41) is 10.2. The summed E-state index contributed by atoms with van der Waals surface area (Å²) in [7, 11) is 0. The quantitative estimate of drug-likeness (QED) is 0.499. The van der Waals surface area contributed by atoms with E-state index in [0.29, 0.717) is 15.6 Å². The van der Waals surface area contributed by atoms with Gasteiger partial charge in [0.15, 0.2) is 0 Å². The zero-order chi connectivity index (χ0) is 13.8. The molecule has 2 rings (SSSR count). The van der Waals surface area contributed by atoms with E-state index in [9.17, 15) is 5.26 Å². The highest BCUT2D eigenvalue weighted by Crippen LogP contribution is 2.32. The average molecular weight is 353 g/mol. The standard InChI is InChI=1S/C15H8BrCl2N/c16-13-7-6-11(8-14(13)17)15(18)12(9-19)10-4-2-1-3-5-10/h1-8H/b15-12-. The summed E-state index contributed by atoms with van der Waals surface area (Å²) in [5.74, 6) is 0. The van der Waals surface area contributed by atoms with Gasteiger partial charge in [0.25, 0.3) is 0 Å².